The summed E-state index contributed by atoms with van der Waals surface area (Å²) in [5, 5.41) is 22.3. The van der Waals surface area contributed by atoms with E-state index < -0.39 is 28.7 Å². The van der Waals surface area contributed by atoms with Gasteiger partial charge in [0.15, 0.2) is 11.5 Å². The molecule has 40 heavy (non-hydrogen) atoms. The van der Waals surface area contributed by atoms with Crippen molar-refractivity contribution in [3.8, 4) is 11.5 Å². The standard InChI is InChI=1S/C27H20BrN3O9/c1-2-39-22-12-16(11-21(28)23(22)40-14-15-6-8-17(9-7-15)26(34)35)10-20-24(32)29-27(36)30(25(20)33)18-4-3-5-19(13-18)31(37)38/h3-13H,2,14H2,1H3,(H,34,35)(H,29,32,36)/b20-10+. The van der Waals surface area contributed by atoms with E-state index in [2.05, 4.69) is 21.2 Å². The van der Waals surface area contributed by atoms with E-state index in [-0.39, 0.29) is 35.7 Å². The molecule has 0 saturated carbocycles. The fourth-order valence-electron chi connectivity index (χ4n) is 3.78. The number of hydrogen-bond donors (Lipinski definition) is 2. The van der Waals surface area contributed by atoms with Crippen LogP contribution in [0, 0.1) is 10.1 Å². The lowest BCUT2D eigenvalue weighted by molar-refractivity contribution is -0.384. The monoisotopic (exact) mass is 609 g/mol. The summed E-state index contributed by atoms with van der Waals surface area (Å²) in [4.78, 5) is 60.5. The SMILES string of the molecule is CCOc1cc(/C=C2\C(=O)NC(=O)N(c3cccc([N+](=O)[O-])c3)C2=O)cc(Br)c1OCc1ccc(C(=O)O)cc1. The third kappa shape index (κ3) is 5.99. The minimum Gasteiger partial charge on any atom is -0.490 e. The summed E-state index contributed by atoms with van der Waals surface area (Å²) in [5.74, 6) is -2.31. The Morgan fingerprint density at radius 2 is 1.82 bits per heavy atom. The highest BCUT2D eigenvalue weighted by molar-refractivity contribution is 9.10. The number of non-ortho nitro benzene ring substituents is 1. The smallest absolute Gasteiger partial charge is 0.335 e. The number of amides is 4. The highest BCUT2D eigenvalue weighted by Gasteiger charge is 2.37. The van der Waals surface area contributed by atoms with Gasteiger partial charge in [0, 0.05) is 12.1 Å². The Morgan fingerprint density at radius 3 is 2.48 bits per heavy atom. The zero-order valence-corrected chi connectivity index (χ0v) is 22.3. The van der Waals surface area contributed by atoms with Gasteiger partial charge in [-0.1, -0.05) is 18.2 Å². The summed E-state index contributed by atoms with van der Waals surface area (Å²) >= 11 is 3.42. The van der Waals surface area contributed by atoms with Crippen molar-refractivity contribution in [1.82, 2.24) is 5.32 Å². The molecule has 0 atom stereocenters. The van der Waals surface area contributed by atoms with Crippen molar-refractivity contribution in [1.29, 1.82) is 0 Å². The Bertz CT molecular complexity index is 1570. The lowest BCUT2D eigenvalue weighted by Gasteiger charge is -2.26. The van der Waals surface area contributed by atoms with Crippen LogP contribution < -0.4 is 19.7 Å². The number of urea groups is 1. The number of nitrogens with one attached hydrogen (secondary N) is 1. The maximum Gasteiger partial charge on any atom is 0.335 e. The predicted octanol–water partition coefficient (Wildman–Crippen LogP) is 4.70. The molecule has 13 heteroatoms. The number of carboxylic acids is 1. The molecule has 1 heterocycles. The molecule has 2 N–H and O–H groups in total. The molecular formula is C27H20BrN3O9. The number of carbonyl (C=O) groups excluding carboxylic acids is 3. The molecule has 3 aromatic carbocycles. The first-order valence-electron chi connectivity index (χ1n) is 11.7. The van der Waals surface area contributed by atoms with Crippen LogP contribution in [-0.4, -0.2) is 40.5 Å². The zero-order valence-electron chi connectivity index (χ0n) is 20.8. The molecule has 0 radical (unpaired) electrons. The van der Waals surface area contributed by atoms with Crippen molar-refractivity contribution in [3.05, 3.63) is 97.5 Å². The second kappa shape index (κ2) is 11.8. The van der Waals surface area contributed by atoms with E-state index in [0.29, 0.717) is 32.0 Å². The summed E-state index contributed by atoms with van der Waals surface area (Å²) in [6, 6.07) is 13.2. The van der Waals surface area contributed by atoms with Crippen LogP contribution in [-0.2, 0) is 16.2 Å². The van der Waals surface area contributed by atoms with Crippen LogP contribution >= 0.6 is 15.9 Å². The molecule has 1 aliphatic rings. The number of nitrogens with zero attached hydrogens (tertiary/aromatic N) is 2. The summed E-state index contributed by atoms with van der Waals surface area (Å²) < 4.78 is 12.1. The maximum absolute atomic E-state index is 13.2. The molecule has 1 aliphatic heterocycles. The number of halogens is 1. The van der Waals surface area contributed by atoms with Crippen molar-refractivity contribution < 1.29 is 38.7 Å². The summed E-state index contributed by atoms with van der Waals surface area (Å²) in [6.07, 6.45) is 1.26. The predicted molar refractivity (Wildman–Crippen MR) is 145 cm³/mol. The zero-order chi connectivity index (χ0) is 29.0. The Morgan fingerprint density at radius 1 is 1.10 bits per heavy atom. The molecule has 0 aromatic heterocycles. The second-order valence-electron chi connectivity index (χ2n) is 8.29. The molecular weight excluding hydrogens is 590 g/mol. The van der Waals surface area contributed by atoms with Gasteiger partial charge in [-0.15, -0.1) is 0 Å². The lowest BCUT2D eigenvalue weighted by atomic mass is 10.1. The molecule has 0 aliphatic carbocycles. The van der Waals surface area contributed by atoms with Crippen LogP contribution in [0.2, 0.25) is 0 Å². The van der Waals surface area contributed by atoms with E-state index in [1.165, 1.54) is 36.4 Å². The third-order valence-corrected chi connectivity index (χ3v) is 6.22. The van der Waals surface area contributed by atoms with Crippen molar-refractivity contribution >= 4 is 57.2 Å². The van der Waals surface area contributed by atoms with Crippen LogP contribution in [0.25, 0.3) is 6.08 Å². The third-order valence-electron chi connectivity index (χ3n) is 5.63. The van der Waals surface area contributed by atoms with Crippen molar-refractivity contribution in [3.63, 3.8) is 0 Å². The molecule has 3 aromatic rings. The van der Waals surface area contributed by atoms with Crippen LogP contribution in [0.3, 0.4) is 0 Å². The number of anilines is 1. The molecule has 4 rings (SSSR count). The Balaban J connectivity index is 1.64. The number of hydrogen-bond acceptors (Lipinski definition) is 8. The highest BCUT2D eigenvalue weighted by Crippen LogP contribution is 2.38. The van der Waals surface area contributed by atoms with E-state index in [0.717, 1.165) is 6.07 Å². The number of rotatable bonds is 9. The fraction of sp³-hybridized carbons (Fsp3) is 0.111. The van der Waals surface area contributed by atoms with Gasteiger partial charge in [0.1, 0.15) is 12.2 Å². The largest absolute Gasteiger partial charge is 0.490 e. The molecule has 1 saturated heterocycles. The normalized spacial score (nSPS) is 14.2. The molecule has 1 fully saturated rings. The summed E-state index contributed by atoms with van der Waals surface area (Å²) in [7, 11) is 0. The second-order valence-corrected chi connectivity index (χ2v) is 9.14. The van der Waals surface area contributed by atoms with Gasteiger partial charge in [0.2, 0.25) is 0 Å². The number of barbiturate groups is 1. The topological polar surface area (TPSA) is 165 Å². The van der Waals surface area contributed by atoms with Gasteiger partial charge in [-0.25, -0.2) is 14.5 Å². The van der Waals surface area contributed by atoms with Gasteiger partial charge in [-0.05, 0) is 70.4 Å². The maximum atomic E-state index is 13.2. The van der Waals surface area contributed by atoms with Gasteiger partial charge >= 0.3 is 12.0 Å². The van der Waals surface area contributed by atoms with Gasteiger partial charge < -0.3 is 14.6 Å². The molecule has 12 nitrogen and oxygen atoms in total. The van der Waals surface area contributed by atoms with E-state index >= 15 is 0 Å². The minimum absolute atomic E-state index is 0.0774. The first-order chi connectivity index (χ1) is 19.1. The molecule has 0 unspecified atom stereocenters. The number of nitro groups is 1. The lowest BCUT2D eigenvalue weighted by Crippen LogP contribution is -2.54. The van der Waals surface area contributed by atoms with Crippen molar-refractivity contribution in [2.24, 2.45) is 0 Å². The van der Waals surface area contributed by atoms with Gasteiger partial charge in [-0.2, -0.15) is 0 Å². The highest BCUT2D eigenvalue weighted by atomic mass is 79.9. The number of ether oxygens (including phenoxy) is 2. The van der Waals surface area contributed by atoms with Crippen molar-refractivity contribution in [2.45, 2.75) is 13.5 Å². The fourth-order valence-corrected chi connectivity index (χ4v) is 4.35. The van der Waals surface area contributed by atoms with Gasteiger partial charge in [0.05, 0.1) is 27.3 Å². The van der Waals surface area contributed by atoms with Crippen LogP contribution in [0.5, 0.6) is 11.5 Å². The first kappa shape index (κ1) is 28.0. The number of nitro benzene ring substituents is 1. The van der Waals surface area contributed by atoms with E-state index in [4.69, 9.17) is 14.6 Å². The number of carbonyl (C=O) groups is 4. The molecule has 0 bridgehead atoms. The van der Waals surface area contributed by atoms with Crippen LogP contribution in [0.15, 0.2) is 70.7 Å². The average molecular weight is 610 g/mol. The molecule has 4 amide bonds. The number of benzene rings is 3. The quantitative estimate of drug-likeness (QED) is 0.151. The average Bonchev–Trinajstić information content (AvgIpc) is 2.91. The number of carboxylic acid groups (broad SMARTS) is 1. The van der Waals surface area contributed by atoms with Gasteiger partial charge in [-0.3, -0.25) is 25.0 Å². The van der Waals surface area contributed by atoms with Crippen molar-refractivity contribution in [2.75, 3.05) is 11.5 Å². The van der Waals surface area contributed by atoms with E-state index in [9.17, 15) is 29.3 Å². The minimum atomic E-state index is -1.04. The summed E-state index contributed by atoms with van der Waals surface area (Å²) in [6.45, 7) is 2.12. The van der Waals surface area contributed by atoms with Crippen LogP contribution in [0.4, 0.5) is 16.2 Å². The number of imide groups is 2. The Labute approximate surface area is 235 Å². The van der Waals surface area contributed by atoms with Crippen LogP contribution in [0.1, 0.15) is 28.4 Å². The molecule has 0 spiro atoms. The Hall–Kier alpha value is -5.04. The van der Waals surface area contributed by atoms with E-state index in [1.807, 2.05) is 0 Å². The van der Waals surface area contributed by atoms with E-state index in [1.54, 1.807) is 31.2 Å². The van der Waals surface area contributed by atoms with Gasteiger partial charge in [0.25, 0.3) is 17.5 Å². The molecule has 204 valence electrons. The summed E-state index contributed by atoms with van der Waals surface area (Å²) in [5.41, 5.74) is 0.420. The first-order valence-corrected chi connectivity index (χ1v) is 12.5. The number of aromatic carboxylic acids is 1. The Kier molecular flexibility index (Phi) is 8.24.